The molecule has 2 aromatic rings. The third kappa shape index (κ3) is 2.56. The Hall–Kier alpha value is -2.40. The largest absolute Gasteiger partial charge is 0.417 e. The van der Waals surface area contributed by atoms with Gasteiger partial charge in [0.15, 0.2) is 0 Å². The van der Waals surface area contributed by atoms with Crippen molar-refractivity contribution in [2.45, 2.75) is 12.8 Å². The van der Waals surface area contributed by atoms with E-state index in [9.17, 15) is 13.2 Å². The minimum absolute atomic E-state index is 0.110. The number of aliphatic hydroxyl groups is 1. The van der Waals surface area contributed by atoms with Crippen LogP contribution < -0.4 is 0 Å². The van der Waals surface area contributed by atoms with E-state index in [-0.39, 0.29) is 18.0 Å². The Morgan fingerprint density at radius 2 is 2.11 bits per heavy atom. The Bertz CT molecular complexity index is 642. The van der Waals surface area contributed by atoms with Crippen LogP contribution in [0.2, 0.25) is 0 Å². The molecule has 0 bridgehead atoms. The number of alkyl halides is 3. The minimum Gasteiger partial charge on any atom is -0.390 e. The molecule has 0 atom stereocenters. The summed E-state index contributed by atoms with van der Waals surface area (Å²) in [7, 11) is 0. The molecule has 0 radical (unpaired) electrons. The fourth-order valence-corrected chi connectivity index (χ4v) is 1.50. The number of aliphatic hydroxyl groups excluding tert-OH is 1. The molecule has 0 unspecified atom stereocenters. The summed E-state index contributed by atoms with van der Waals surface area (Å²) in [6, 6.07) is 4.70. The summed E-state index contributed by atoms with van der Waals surface area (Å²) < 4.78 is 39.4. The molecular weight excluding hydrogens is 261 g/mol. The maximum atomic E-state index is 12.8. The number of benzene rings is 1. The number of rotatable bonds is 2. The van der Waals surface area contributed by atoms with E-state index < -0.39 is 17.3 Å². The summed E-state index contributed by atoms with van der Waals surface area (Å²) in [6.45, 7) is -0.359. The van der Waals surface area contributed by atoms with E-state index >= 15 is 0 Å². The Morgan fingerprint density at radius 3 is 2.63 bits per heavy atom. The number of halogens is 3. The van der Waals surface area contributed by atoms with Gasteiger partial charge in [0, 0.05) is 0 Å². The zero-order valence-corrected chi connectivity index (χ0v) is 9.39. The van der Waals surface area contributed by atoms with Gasteiger partial charge in [-0.15, -0.1) is 5.10 Å². The highest BCUT2D eigenvalue weighted by molar-refractivity contribution is 5.47. The normalized spacial score (nSPS) is 11.3. The van der Waals surface area contributed by atoms with Gasteiger partial charge in [0.05, 0.1) is 35.7 Å². The van der Waals surface area contributed by atoms with Crippen molar-refractivity contribution in [2.75, 3.05) is 0 Å². The van der Waals surface area contributed by atoms with Crippen LogP contribution in [0.5, 0.6) is 0 Å². The van der Waals surface area contributed by atoms with Gasteiger partial charge in [0.25, 0.3) is 0 Å². The zero-order valence-electron chi connectivity index (χ0n) is 9.39. The average Bonchev–Trinajstić information content (AvgIpc) is 2.85. The minimum atomic E-state index is -4.62. The summed E-state index contributed by atoms with van der Waals surface area (Å²) >= 11 is 0. The van der Waals surface area contributed by atoms with Gasteiger partial charge in [-0.2, -0.15) is 18.4 Å². The van der Waals surface area contributed by atoms with E-state index in [0.717, 1.165) is 16.8 Å². The van der Waals surface area contributed by atoms with Gasteiger partial charge >= 0.3 is 6.18 Å². The lowest BCUT2D eigenvalue weighted by Crippen LogP contribution is -2.09. The molecule has 0 spiro atoms. The molecule has 1 heterocycles. The van der Waals surface area contributed by atoms with Gasteiger partial charge in [-0.1, -0.05) is 5.21 Å². The highest BCUT2D eigenvalue weighted by Crippen LogP contribution is 2.33. The van der Waals surface area contributed by atoms with Gasteiger partial charge in [0.1, 0.15) is 5.69 Å². The molecule has 1 N–H and O–H groups in total. The molecular formula is C11H7F3N4O. The van der Waals surface area contributed by atoms with Crippen LogP contribution >= 0.6 is 0 Å². The maximum absolute atomic E-state index is 12.8. The number of hydrogen-bond donors (Lipinski definition) is 1. The third-order valence-corrected chi connectivity index (χ3v) is 2.40. The molecule has 0 saturated carbocycles. The van der Waals surface area contributed by atoms with E-state index in [4.69, 9.17) is 10.4 Å². The molecule has 0 saturated heterocycles. The first kappa shape index (κ1) is 13.0. The lowest BCUT2D eigenvalue weighted by Gasteiger charge is -2.10. The van der Waals surface area contributed by atoms with Crippen LogP contribution in [-0.2, 0) is 12.8 Å². The lowest BCUT2D eigenvalue weighted by atomic mass is 10.1. The molecule has 2 rings (SSSR count). The fourth-order valence-electron chi connectivity index (χ4n) is 1.50. The number of aromatic nitrogens is 3. The van der Waals surface area contributed by atoms with Crippen LogP contribution in [0.4, 0.5) is 13.2 Å². The number of nitrogens with zero attached hydrogens (tertiary/aromatic N) is 4. The van der Waals surface area contributed by atoms with E-state index in [2.05, 4.69) is 10.3 Å². The number of nitriles is 1. The van der Waals surface area contributed by atoms with Crippen LogP contribution in [0.1, 0.15) is 16.8 Å². The van der Waals surface area contributed by atoms with Crippen LogP contribution in [0, 0.1) is 11.3 Å². The topological polar surface area (TPSA) is 74.7 Å². The Balaban J connectivity index is 2.52. The average molecular weight is 268 g/mol. The molecule has 98 valence electrons. The molecule has 0 aliphatic carbocycles. The maximum Gasteiger partial charge on any atom is 0.417 e. The third-order valence-electron chi connectivity index (χ3n) is 2.40. The van der Waals surface area contributed by atoms with Crippen LogP contribution in [0.3, 0.4) is 0 Å². The van der Waals surface area contributed by atoms with E-state index in [0.29, 0.717) is 0 Å². The first-order chi connectivity index (χ1) is 8.95. The molecule has 0 fully saturated rings. The van der Waals surface area contributed by atoms with E-state index in [1.165, 1.54) is 18.3 Å². The van der Waals surface area contributed by atoms with Crippen molar-refractivity contribution in [3.63, 3.8) is 0 Å². The monoisotopic (exact) mass is 268 g/mol. The van der Waals surface area contributed by atoms with Crippen molar-refractivity contribution in [1.82, 2.24) is 15.0 Å². The zero-order chi connectivity index (χ0) is 14.0. The molecule has 5 nitrogen and oxygen atoms in total. The standard InChI is InChI=1S/C11H7F3N4O/c12-11(13,14)10-3-9(2-1-7(10)4-15)18-5-8(6-19)16-17-18/h1-3,5,19H,6H2. The highest BCUT2D eigenvalue weighted by Gasteiger charge is 2.34. The predicted octanol–water partition coefficient (Wildman–Crippen LogP) is 1.65. The van der Waals surface area contributed by atoms with Crippen LogP contribution in [0.15, 0.2) is 24.4 Å². The summed E-state index contributed by atoms with van der Waals surface area (Å²) in [5.74, 6) is 0. The molecule has 1 aromatic carbocycles. The van der Waals surface area contributed by atoms with Crippen molar-refractivity contribution in [1.29, 1.82) is 5.26 Å². The second kappa shape index (κ2) is 4.70. The summed E-state index contributed by atoms with van der Waals surface area (Å²) in [5.41, 5.74) is -1.15. The fraction of sp³-hybridized carbons (Fsp3) is 0.182. The van der Waals surface area contributed by atoms with Crippen LogP contribution in [0.25, 0.3) is 5.69 Å². The first-order valence-electron chi connectivity index (χ1n) is 5.09. The quantitative estimate of drug-likeness (QED) is 0.898. The van der Waals surface area contributed by atoms with Crippen molar-refractivity contribution in [3.05, 3.63) is 41.2 Å². The molecule has 0 aliphatic rings. The second-order valence-electron chi connectivity index (χ2n) is 3.65. The summed E-state index contributed by atoms with van der Waals surface area (Å²) in [5, 5.41) is 24.6. The Kier molecular flexibility index (Phi) is 3.23. The predicted molar refractivity (Wildman–Crippen MR) is 57.0 cm³/mol. The van der Waals surface area contributed by atoms with Crippen molar-refractivity contribution < 1.29 is 18.3 Å². The summed E-state index contributed by atoms with van der Waals surface area (Å²) in [6.07, 6.45) is -3.32. The Labute approximate surface area is 105 Å². The molecule has 0 amide bonds. The second-order valence-corrected chi connectivity index (χ2v) is 3.65. The van der Waals surface area contributed by atoms with Gasteiger partial charge < -0.3 is 5.11 Å². The summed E-state index contributed by atoms with van der Waals surface area (Å²) in [4.78, 5) is 0. The lowest BCUT2D eigenvalue weighted by molar-refractivity contribution is -0.137. The first-order valence-corrected chi connectivity index (χ1v) is 5.09. The van der Waals surface area contributed by atoms with E-state index in [1.54, 1.807) is 0 Å². The van der Waals surface area contributed by atoms with E-state index in [1.807, 2.05) is 0 Å². The van der Waals surface area contributed by atoms with Crippen molar-refractivity contribution in [2.24, 2.45) is 0 Å². The highest BCUT2D eigenvalue weighted by atomic mass is 19.4. The Morgan fingerprint density at radius 1 is 1.37 bits per heavy atom. The molecule has 1 aromatic heterocycles. The molecule has 0 aliphatic heterocycles. The van der Waals surface area contributed by atoms with Gasteiger partial charge in [-0.3, -0.25) is 0 Å². The molecule has 8 heteroatoms. The SMILES string of the molecule is N#Cc1ccc(-n2cc(CO)nn2)cc1C(F)(F)F. The van der Waals surface area contributed by atoms with Gasteiger partial charge in [0.2, 0.25) is 0 Å². The smallest absolute Gasteiger partial charge is 0.390 e. The molecule has 19 heavy (non-hydrogen) atoms. The van der Waals surface area contributed by atoms with Crippen LogP contribution in [-0.4, -0.2) is 20.1 Å². The van der Waals surface area contributed by atoms with Gasteiger partial charge in [-0.05, 0) is 18.2 Å². The number of hydrogen-bond acceptors (Lipinski definition) is 4. The van der Waals surface area contributed by atoms with Crippen molar-refractivity contribution >= 4 is 0 Å². The van der Waals surface area contributed by atoms with Crippen molar-refractivity contribution in [3.8, 4) is 11.8 Å². The van der Waals surface area contributed by atoms with Gasteiger partial charge in [-0.25, -0.2) is 4.68 Å².